The summed E-state index contributed by atoms with van der Waals surface area (Å²) in [5.74, 6) is 0.704. The van der Waals surface area contributed by atoms with Crippen molar-refractivity contribution in [2.24, 2.45) is 7.05 Å². The van der Waals surface area contributed by atoms with E-state index in [0.717, 1.165) is 42.1 Å². The molecule has 2 aromatic rings. The number of nitrogens with one attached hydrogen (secondary N) is 2. The van der Waals surface area contributed by atoms with Crippen molar-refractivity contribution < 1.29 is 4.79 Å². The molecule has 3 rings (SSSR count). The fraction of sp³-hybridized carbons (Fsp3) is 0.375. The number of aromatic nitrogens is 2. The van der Waals surface area contributed by atoms with Gasteiger partial charge in [0.1, 0.15) is 5.82 Å². The van der Waals surface area contributed by atoms with E-state index in [4.69, 9.17) is 0 Å². The van der Waals surface area contributed by atoms with E-state index in [2.05, 4.69) is 15.7 Å². The Morgan fingerprint density at radius 1 is 1.33 bits per heavy atom. The minimum atomic E-state index is -0.0885. The summed E-state index contributed by atoms with van der Waals surface area (Å²) in [6.45, 7) is 5.75. The van der Waals surface area contributed by atoms with Gasteiger partial charge in [-0.3, -0.25) is 9.48 Å². The number of hydrogen-bond acceptors (Lipinski definition) is 3. The van der Waals surface area contributed by atoms with E-state index in [1.807, 2.05) is 39.1 Å². The van der Waals surface area contributed by atoms with Crippen molar-refractivity contribution in [3.63, 3.8) is 0 Å². The lowest BCUT2D eigenvalue weighted by Crippen LogP contribution is -2.24. The number of anilines is 1. The molecule has 1 aliphatic rings. The van der Waals surface area contributed by atoms with Gasteiger partial charge in [-0.1, -0.05) is 6.07 Å². The highest BCUT2D eigenvalue weighted by atomic mass is 16.1. The molecule has 2 heterocycles. The van der Waals surface area contributed by atoms with Gasteiger partial charge in [0.05, 0.1) is 5.69 Å². The van der Waals surface area contributed by atoms with Crippen LogP contribution in [0.4, 0.5) is 5.82 Å². The predicted molar refractivity (Wildman–Crippen MR) is 82.5 cm³/mol. The number of nitrogens with zero attached hydrogens (tertiary/aromatic N) is 2. The molecule has 0 unspecified atom stereocenters. The van der Waals surface area contributed by atoms with Gasteiger partial charge >= 0.3 is 0 Å². The highest BCUT2D eigenvalue weighted by Gasteiger charge is 2.20. The molecule has 0 radical (unpaired) electrons. The van der Waals surface area contributed by atoms with Crippen molar-refractivity contribution in [3.8, 4) is 0 Å². The fourth-order valence-electron chi connectivity index (χ4n) is 2.65. The van der Waals surface area contributed by atoms with Crippen LogP contribution in [0.1, 0.15) is 32.7 Å². The summed E-state index contributed by atoms with van der Waals surface area (Å²) in [4.78, 5) is 12.4. The number of amides is 1. The molecule has 0 saturated carbocycles. The number of carbonyl (C=O) groups is 1. The first-order valence-corrected chi connectivity index (χ1v) is 7.20. The van der Waals surface area contributed by atoms with E-state index in [1.54, 1.807) is 4.68 Å². The van der Waals surface area contributed by atoms with Gasteiger partial charge in [0.15, 0.2) is 0 Å². The van der Waals surface area contributed by atoms with Crippen molar-refractivity contribution in [2.45, 2.75) is 26.8 Å². The molecule has 1 aromatic heterocycles. The summed E-state index contributed by atoms with van der Waals surface area (Å²) in [5, 5.41) is 10.8. The van der Waals surface area contributed by atoms with Crippen LogP contribution in [0.2, 0.25) is 0 Å². The second-order valence-electron chi connectivity index (χ2n) is 5.58. The van der Waals surface area contributed by atoms with Crippen LogP contribution in [0, 0.1) is 13.8 Å². The van der Waals surface area contributed by atoms with Crippen molar-refractivity contribution >= 4 is 11.7 Å². The van der Waals surface area contributed by atoms with Crippen molar-refractivity contribution in [1.82, 2.24) is 15.1 Å². The first-order chi connectivity index (χ1) is 10.1. The zero-order valence-electron chi connectivity index (χ0n) is 12.7. The molecule has 0 atom stereocenters. The molecule has 1 aromatic carbocycles. The van der Waals surface area contributed by atoms with Gasteiger partial charge in [-0.05, 0) is 37.1 Å². The van der Waals surface area contributed by atoms with Crippen LogP contribution < -0.4 is 10.6 Å². The maximum absolute atomic E-state index is 12.4. The molecule has 0 aliphatic carbocycles. The van der Waals surface area contributed by atoms with Crippen LogP contribution in [-0.4, -0.2) is 22.2 Å². The molecular formula is C16H20N4O. The standard InChI is InChI=1S/C16H20N4O/c1-10-4-5-12(8-11(10)2)16(21)18-15-13-9-17-7-6-14(13)19-20(15)3/h4-5,8,17H,6-7,9H2,1-3H3,(H,18,21). The quantitative estimate of drug-likeness (QED) is 0.886. The Balaban J connectivity index is 1.88. The lowest BCUT2D eigenvalue weighted by Gasteiger charge is -2.14. The van der Waals surface area contributed by atoms with Gasteiger partial charge in [0.25, 0.3) is 5.91 Å². The molecule has 1 amide bonds. The molecule has 5 heteroatoms. The Labute approximate surface area is 124 Å². The van der Waals surface area contributed by atoms with Crippen LogP contribution in [0.5, 0.6) is 0 Å². The number of carbonyl (C=O) groups excluding carboxylic acids is 1. The molecule has 0 saturated heterocycles. The second kappa shape index (κ2) is 5.33. The maximum atomic E-state index is 12.4. The molecule has 0 fully saturated rings. The Hall–Kier alpha value is -2.14. The van der Waals surface area contributed by atoms with E-state index < -0.39 is 0 Å². The minimum Gasteiger partial charge on any atom is -0.312 e. The van der Waals surface area contributed by atoms with Crippen LogP contribution in [0.3, 0.4) is 0 Å². The molecule has 2 N–H and O–H groups in total. The summed E-state index contributed by atoms with van der Waals surface area (Å²) >= 11 is 0. The highest BCUT2D eigenvalue weighted by Crippen LogP contribution is 2.23. The first-order valence-electron chi connectivity index (χ1n) is 7.20. The number of fused-ring (bicyclic) bond motifs is 1. The highest BCUT2D eigenvalue weighted by molar-refractivity contribution is 6.04. The van der Waals surface area contributed by atoms with E-state index in [0.29, 0.717) is 5.56 Å². The molecule has 110 valence electrons. The zero-order valence-corrected chi connectivity index (χ0v) is 12.7. The molecule has 0 bridgehead atoms. The molecular weight excluding hydrogens is 264 g/mol. The average Bonchev–Trinajstić information content (AvgIpc) is 2.78. The monoisotopic (exact) mass is 284 g/mol. The van der Waals surface area contributed by atoms with Crippen LogP contribution in [0.25, 0.3) is 0 Å². The average molecular weight is 284 g/mol. The fourth-order valence-corrected chi connectivity index (χ4v) is 2.65. The van der Waals surface area contributed by atoms with E-state index in [1.165, 1.54) is 5.56 Å². The van der Waals surface area contributed by atoms with E-state index >= 15 is 0 Å². The van der Waals surface area contributed by atoms with Gasteiger partial charge in [0, 0.05) is 37.7 Å². The van der Waals surface area contributed by atoms with Gasteiger partial charge in [-0.25, -0.2) is 0 Å². The summed E-state index contributed by atoms with van der Waals surface area (Å²) in [6, 6.07) is 5.76. The molecule has 1 aliphatic heterocycles. The van der Waals surface area contributed by atoms with E-state index in [-0.39, 0.29) is 5.91 Å². The predicted octanol–water partition coefficient (Wildman–Crippen LogP) is 1.93. The normalized spacial score (nSPS) is 13.9. The number of aryl methyl sites for hydroxylation is 3. The van der Waals surface area contributed by atoms with Gasteiger partial charge in [-0.15, -0.1) is 0 Å². The molecule has 5 nitrogen and oxygen atoms in total. The third kappa shape index (κ3) is 2.56. The van der Waals surface area contributed by atoms with Crippen molar-refractivity contribution in [1.29, 1.82) is 0 Å². The molecule has 21 heavy (non-hydrogen) atoms. The Bertz CT molecular complexity index is 703. The van der Waals surface area contributed by atoms with Crippen molar-refractivity contribution in [2.75, 3.05) is 11.9 Å². The number of hydrogen-bond donors (Lipinski definition) is 2. The summed E-state index contributed by atoms with van der Waals surface area (Å²) in [5.41, 5.74) is 5.16. The van der Waals surface area contributed by atoms with Crippen LogP contribution >= 0.6 is 0 Å². The summed E-state index contributed by atoms with van der Waals surface area (Å²) in [6.07, 6.45) is 0.905. The Morgan fingerprint density at radius 3 is 2.90 bits per heavy atom. The third-order valence-electron chi connectivity index (χ3n) is 4.07. The third-order valence-corrected chi connectivity index (χ3v) is 4.07. The maximum Gasteiger partial charge on any atom is 0.256 e. The topological polar surface area (TPSA) is 59.0 Å². The molecule has 0 spiro atoms. The summed E-state index contributed by atoms with van der Waals surface area (Å²) < 4.78 is 1.76. The van der Waals surface area contributed by atoms with Crippen molar-refractivity contribution in [3.05, 3.63) is 46.1 Å². The van der Waals surface area contributed by atoms with Gasteiger partial charge in [-0.2, -0.15) is 5.10 Å². The lowest BCUT2D eigenvalue weighted by molar-refractivity contribution is 0.102. The number of rotatable bonds is 2. The second-order valence-corrected chi connectivity index (χ2v) is 5.58. The van der Waals surface area contributed by atoms with Gasteiger partial charge < -0.3 is 10.6 Å². The smallest absolute Gasteiger partial charge is 0.256 e. The Morgan fingerprint density at radius 2 is 2.14 bits per heavy atom. The largest absolute Gasteiger partial charge is 0.312 e. The minimum absolute atomic E-state index is 0.0885. The van der Waals surface area contributed by atoms with E-state index in [9.17, 15) is 4.79 Å². The lowest BCUT2D eigenvalue weighted by atomic mass is 10.1. The SMILES string of the molecule is Cc1ccc(C(=O)Nc2c3c(nn2C)CCNC3)cc1C. The van der Waals surface area contributed by atoms with Gasteiger partial charge in [0.2, 0.25) is 0 Å². The Kier molecular flexibility index (Phi) is 3.51. The van der Waals surface area contributed by atoms with Crippen LogP contribution in [-0.2, 0) is 20.0 Å². The first kappa shape index (κ1) is 13.8. The zero-order chi connectivity index (χ0) is 15.0. The van der Waals surface area contributed by atoms with Crippen LogP contribution in [0.15, 0.2) is 18.2 Å². The summed E-state index contributed by atoms with van der Waals surface area (Å²) in [7, 11) is 1.87. The number of benzene rings is 1.